The number of nitriles is 1. The van der Waals surface area contributed by atoms with Crippen molar-refractivity contribution in [2.45, 2.75) is 17.9 Å². The summed E-state index contributed by atoms with van der Waals surface area (Å²) in [4.78, 5) is 26.8. The van der Waals surface area contributed by atoms with E-state index in [0.717, 1.165) is 11.3 Å². The minimum absolute atomic E-state index is 0.149. The summed E-state index contributed by atoms with van der Waals surface area (Å²) in [6, 6.07) is 17.7. The summed E-state index contributed by atoms with van der Waals surface area (Å²) in [6.45, 7) is 0.187. The largest absolute Gasteiger partial charge is 0.325 e. The third kappa shape index (κ3) is 2.32. The number of rotatable bonds is 1. The minimum Gasteiger partial charge on any atom is -0.325 e. The van der Waals surface area contributed by atoms with E-state index in [1.165, 1.54) is 4.90 Å². The van der Waals surface area contributed by atoms with E-state index >= 15 is 0 Å². The Morgan fingerprint density at radius 3 is 2.68 bits per heavy atom. The third-order valence-corrected chi connectivity index (χ3v) is 4.92. The van der Waals surface area contributed by atoms with Gasteiger partial charge in [0.05, 0.1) is 11.5 Å². The molecule has 6 heteroatoms. The highest BCUT2D eigenvalue weighted by Gasteiger charge is 2.55. The maximum atomic E-state index is 12.7. The molecular weight excluding hydrogens is 316 g/mol. The molecule has 0 saturated carbocycles. The van der Waals surface area contributed by atoms with Crippen molar-refractivity contribution in [3.8, 4) is 6.07 Å². The number of fused-ring (bicyclic) bond motifs is 2. The number of anilines is 2. The Labute approximate surface area is 145 Å². The monoisotopic (exact) mass is 332 g/mol. The van der Waals surface area contributed by atoms with Crippen LogP contribution in [0.25, 0.3) is 0 Å². The van der Waals surface area contributed by atoms with Crippen LogP contribution in [0.1, 0.15) is 12.0 Å². The highest BCUT2D eigenvalue weighted by Crippen LogP contribution is 2.46. The van der Waals surface area contributed by atoms with Crippen molar-refractivity contribution in [1.29, 1.82) is 5.26 Å². The Morgan fingerprint density at radius 1 is 1.20 bits per heavy atom. The average Bonchev–Trinajstić information content (AvgIpc) is 3.16. The predicted molar refractivity (Wildman–Crippen MR) is 92.9 cm³/mol. The Morgan fingerprint density at radius 2 is 1.92 bits per heavy atom. The molecule has 25 heavy (non-hydrogen) atoms. The molecule has 1 fully saturated rings. The minimum atomic E-state index is -0.856. The molecule has 2 atom stereocenters. The van der Waals surface area contributed by atoms with Crippen LogP contribution in [-0.4, -0.2) is 29.4 Å². The normalized spacial score (nSPS) is 23.9. The van der Waals surface area contributed by atoms with Gasteiger partial charge in [-0.1, -0.05) is 36.4 Å². The topological polar surface area (TPSA) is 85.2 Å². The fourth-order valence-electron chi connectivity index (χ4n) is 3.68. The van der Waals surface area contributed by atoms with Crippen LogP contribution in [0.2, 0.25) is 0 Å². The molecule has 2 aliphatic heterocycles. The summed E-state index contributed by atoms with van der Waals surface area (Å²) in [7, 11) is 0. The first-order valence-electron chi connectivity index (χ1n) is 8.07. The fraction of sp³-hybridized carbons (Fsp3) is 0.211. The number of para-hydroxylation sites is 2. The van der Waals surface area contributed by atoms with Crippen molar-refractivity contribution >= 4 is 23.3 Å². The predicted octanol–water partition coefficient (Wildman–Crippen LogP) is 2.71. The van der Waals surface area contributed by atoms with Gasteiger partial charge in [0.2, 0.25) is 5.91 Å². The lowest BCUT2D eigenvalue weighted by molar-refractivity contribution is -0.120. The lowest BCUT2D eigenvalue weighted by Gasteiger charge is -2.23. The van der Waals surface area contributed by atoms with E-state index < -0.39 is 11.5 Å². The number of hydrogen-bond donors (Lipinski definition) is 2. The van der Waals surface area contributed by atoms with Gasteiger partial charge in [-0.05, 0) is 23.8 Å². The van der Waals surface area contributed by atoms with E-state index in [1.807, 2.05) is 42.5 Å². The number of carbonyl (C=O) groups excluding carboxylic acids is 2. The Balaban J connectivity index is 1.64. The van der Waals surface area contributed by atoms with Crippen LogP contribution in [-0.2, 0) is 10.2 Å². The summed E-state index contributed by atoms with van der Waals surface area (Å²) in [6.07, 6.45) is 0.300. The molecule has 3 amide bonds. The number of amides is 3. The fourth-order valence-corrected chi connectivity index (χ4v) is 3.68. The smallest absolute Gasteiger partial charge is 0.322 e. The van der Waals surface area contributed by atoms with Gasteiger partial charge < -0.3 is 15.5 Å². The van der Waals surface area contributed by atoms with Crippen molar-refractivity contribution in [1.82, 2.24) is 4.90 Å². The molecule has 2 aliphatic rings. The number of carbonyl (C=O) groups is 2. The molecule has 0 bridgehead atoms. The second-order valence-corrected chi connectivity index (χ2v) is 6.35. The summed E-state index contributed by atoms with van der Waals surface area (Å²) in [5.74, 6) is -0.149. The molecule has 0 radical (unpaired) electrons. The van der Waals surface area contributed by atoms with Crippen LogP contribution in [0.4, 0.5) is 16.2 Å². The molecule has 2 aromatic carbocycles. The van der Waals surface area contributed by atoms with Gasteiger partial charge in [0, 0.05) is 24.3 Å². The zero-order valence-electron chi connectivity index (χ0n) is 13.4. The number of benzene rings is 2. The van der Waals surface area contributed by atoms with Crippen molar-refractivity contribution < 1.29 is 9.59 Å². The van der Waals surface area contributed by atoms with Gasteiger partial charge >= 0.3 is 6.03 Å². The number of nitrogens with one attached hydrogen (secondary N) is 2. The van der Waals surface area contributed by atoms with Crippen LogP contribution in [0, 0.1) is 11.3 Å². The van der Waals surface area contributed by atoms with Crippen LogP contribution in [0.3, 0.4) is 0 Å². The quantitative estimate of drug-likeness (QED) is 0.842. The number of nitrogens with zero attached hydrogens (tertiary/aromatic N) is 2. The first-order valence-corrected chi connectivity index (χ1v) is 8.07. The first-order chi connectivity index (χ1) is 12.1. The molecule has 124 valence electrons. The zero-order valence-corrected chi connectivity index (χ0v) is 13.4. The Hall–Kier alpha value is -3.33. The third-order valence-electron chi connectivity index (χ3n) is 4.92. The number of likely N-dealkylation sites (tertiary alicyclic amines) is 1. The molecule has 6 nitrogen and oxygen atoms in total. The Bertz CT molecular complexity index is 890. The molecule has 2 aromatic rings. The highest BCUT2D eigenvalue weighted by molar-refractivity contribution is 6.07. The van der Waals surface area contributed by atoms with E-state index in [2.05, 4.69) is 16.7 Å². The van der Waals surface area contributed by atoms with Gasteiger partial charge in [-0.2, -0.15) is 5.26 Å². The Kier molecular flexibility index (Phi) is 3.43. The van der Waals surface area contributed by atoms with E-state index in [9.17, 15) is 14.9 Å². The first kappa shape index (κ1) is 15.2. The molecule has 0 aromatic heterocycles. The molecule has 1 spiro atoms. The summed E-state index contributed by atoms with van der Waals surface area (Å²) in [5.41, 5.74) is 1.41. The van der Waals surface area contributed by atoms with Gasteiger partial charge in [-0.15, -0.1) is 0 Å². The van der Waals surface area contributed by atoms with Crippen LogP contribution >= 0.6 is 0 Å². The molecule has 2 heterocycles. The zero-order chi connectivity index (χ0) is 17.4. The lowest BCUT2D eigenvalue weighted by atomic mass is 9.80. The van der Waals surface area contributed by atoms with Crippen molar-refractivity contribution in [3.05, 3.63) is 60.2 Å². The standard InChI is InChI=1S/C19H16N4O2/c20-11-14-10-19(15-8-4-5-9-16(15)22-17(19)24)12-23(14)18(25)21-13-6-2-1-3-7-13/h1-9,14H,10,12H2,(H,21,25)(H,22,24)/t14-,19-/m0/s1. The van der Waals surface area contributed by atoms with Crippen LogP contribution in [0.5, 0.6) is 0 Å². The van der Waals surface area contributed by atoms with Gasteiger partial charge in [0.15, 0.2) is 0 Å². The second-order valence-electron chi connectivity index (χ2n) is 6.35. The van der Waals surface area contributed by atoms with Gasteiger partial charge in [0.1, 0.15) is 6.04 Å². The van der Waals surface area contributed by atoms with E-state index in [0.29, 0.717) is 12.1 Å². The summed E-state index contributed by atoms with van der Waals surface area (Å²) >= 11 is 0. The van der Waals surface area contributed by atoms with Gasteiger partial charge in [-0.25, -0.2) is 4.79 Å². The van der Waals surface area contributed by atoms with E-state index in [4.69, 9.17) is 0 Å². The number of hydrogen-bond acceptors (Lipinski definition) is 3. The molecule has 0 aliphatic carbocycles. The molecular formula is C19H16N4O2. The average molecular weight is 332 g/mol. The second kappa shape index (κ2) is 5.64. The molecule has 2 N–H and O–H groups in total. The summed E-state index contributed by atoms with van der Waals surface area (Å²) in [5, 5.41) is 15.2. The van der Waals surface area contributed by atoms with Crippen LogP contribution < -0.4 is 10.6 Å². The van der Waals surface area contributed by atoms with Crippen molar-refractivity contribution in [3.63, 3.8) is 0 Å². The SMILES string of the molecule is N#C[C@@H]1C[C@@]2(CN1C(=O)Nc1ccccc1)C(=O)Nc1ccccc12. The summed E-state index contributed by atoms with van der Waals surface area (Å²) < 4.78 is 0. The van der Waals surface area contributed by atoms with E-state index in [-0.39, 0.29) is 18.5 Å². The highest BCUT2D eigenvalue weighted by atomic mass is 16.2. The van der Waals surface area contributed by atoms with Crippen molar-refractivity contribution in [2.24, 2.45) is 0 Å². The molecule has 0 unspecified atom stereocenters. The lowest BCUT2D eigenvalue weighted by Crippen LogP contribution is -2.41. The van der Waals surface area contributed by atoms with Crippen LogP contribution in [0.15, 0.2) is 54.6 Å². The molecule has 4 rings (SSSR count). The number of urea groups is 1. The molecule has 1 saturated heterocycles. The van der Waals surface area contributed by atoms with Crippen molar-refractivity contribution in [2.75, 3.05) is 17.2 Å². The van der Waals surface area contributed by atoms with E-state index in [1.54, 1.807) is 12.1 Å². The maximum Gasteiger partial charge on any atom is 0.322 e. The van der Waals surface area contributed by atoms with Gasteiger partial charge in [0.25, 0.3) is 0 Å². The maximum absolute atomic E-state index is 12.7. The van der Waals surface area contributed by atoms with Gasteiger partial charge in [-0.3, -0.25) is 4.79 Å².